The molecule has 11 aromatic carbocycles. The van der Waals surface area contributed by atoms with Crippen LogP contribution in [0.4, 0.5) is 0 Å². The zero-order valence-electron chi connectivity index (χ0n) is 36.0. The molecule has 0 unspecified atom stereocenters. The first kappa shape index (κ1) is 36.3. The van der Waals surface area contributed by atoms with Crippen LogP contribution in [-0.2, 0) is 0 Å². The Kier molecular flexibility index (Phi) is 7.44. The van der Waals surface area contributed by atoms with Gasteiger partial charge in [-0.15, -0.1) is 0 Å². The summed E-state index contributed by atoms with van der Waals surface area (Å²) in [5, 5.41) is 15.4. The first-order chi connectivity index (χ1) is 33.2. The fourth-order valence-corrected chi connectivity index (χ4v) is 10.9. The van der Waals surface area contributed by atoms with Crippen molar-refractivity contribution in [3.63, 3.8) is 0 Å². The van der Waals surface area contributed by atoms with Gasteiger partial charge in [-0.2, -0.15) is 0 Å². The molecule has 67 heavy (non-hydrogen) atoms. The predicted octanol–water partition coefficient (Wildman–Crippen LogP) is 16.5. The summed E-state index contributed by atoms with van der Waals surface area (Å²) in [5.41, 5.74) is 12.5. The van der Waals surface area contributed by atoms with Crippen LogP contribution in [0.5, 0.6) is 0 Å². The predicted molar refractivity (Wildman–Crippen MR) is 279 cm³/mol. The SMILES string of the molecule is c1ccc2cc3c(cc2c1)c1ccccc1n3-c1ccc2cc3c(cc2c1)c1ccccc1n3-c1ccc2ccc(-c3nc(-c4ccc5c(c4)oc4ccccc45)nc4ccccc34)cc2c1. The van der Waals surface area contributed by atoms with E-state index in [0.29, 0.717) is 5.82 Å². The third kappa shape index (κ3) is 5.43. The number of rotatable bonds is 4. The largest absolute Gasteiger partial charge is 0.456 e. The Bertz CT molecular complexity index is 4590. The molecule has 4 heterocycles. The van der Waals surface area contributed by atoms with Gasteiger partial charge in [0.1, 0.15) is 11.2 Å². The van der Waals surface area contributed by atoms with Crippen LogP contribution in [0.2, 0.25) is 0 Å². The van der Waals surface area contributed by atoms with Crippen molar-refractivity contribution in [2.45, 2.75) is 0 Å². The molecule has 0 atom stereocenters. The minimum Gasteiger partial charge on any atom is -0.456 e. The first-order valence-corrected chi connectivity index (χ1v) is 22.8. The van der Waals surface area contributed by atoms with E-state index >= 15 is 0 Å². The smallest absolute Gasteiger partial charge is 0.160 e. The van der Waals surface area contributed by atoms with Crippen molar-refractivity contribution in [2.24, 2.45) is 0 Å². The van der Waals surface area contributed by atoms with Crippen molar-refractivity contribution in [3.05, 3.63) is 218 Å². The molecule has 0 radical (unpaired) electrons. The second kappa shape index (κ2) is 13.7. The van der Waals surface area contributed by atoms with Crippen LogP contribution in [0.1, 0.15) is 0 Å². The van der Waals surface area contributed by atoms with Crippen LogP contribution < -0.4 is 0 Å². The summed E-state index contributed by atoms with van der Waals surface area (Å²) in [4.78, 5) is 10.4. The molecule has 15 aromatic rings. The summed E-state index contributed by atoms with van der Waals surface area (Å²) in [6.07, 6.45) is 0. The highest BCUT2D eigenvalue weighted by atomic mass is 16.3. The average molecular weight is 853 g/mol. The lowest BCUT2D eigenvalue weighted by Crippen LogP contribution is -1.96. The number of fused-ring (bicyclic) bond motifs is 13. The first-order valence-electron chi connectivity index (χ1n) is 22.8. The van der Waals surface area contributed by atoms with Gasteiger partial charge in [0.15, 0.2) is 5.82 Å². The Hall–Kier alpha value is -9.06. The summed E-state index contributed by atoms with van der Waals surface area (Å²) in [6.45, 7) is 0. The lowest BCUT2D eigenvalue weighted by molar-refractivity contribution is 0.669. The van der Waals surface area contributed by atoms with Gasteiger partial charge in [-0.1, -0.05) is 127 Å². The molecule has 0 amide bonds. The van der Waals surface area contributed by atoms with Crippen molar-refractivity contribution < 1.29 is 4.42 Å². The van der Waals surface area contributed by atoms with E-state index < -0.39 is 0 Å². The zero-order valence-corrected chi connectivity index (χ0v) is 36.0. The van der Waals surface area contributed by atoms with E-state index in [-0.39, 0.29) is 0 Å². The molecule has 0 N–H and O–H groups in total. The second-order valence-corrected chi connectivity index (χ2v) is 17.8. The normalized spacial score (nSPS) is 12.2. The summed E-state index contributed by atoms with van der Waals surface area (Å²) < 4.78 is 11.1. The quantitative estimate of drug-likeness (QED) is 0.177. The molecule has 0 saturated carbocycles. The molecule has 15 rings (SSSR count). The van der Waals surface area contributed by atoms with E-state index in [9.17, 15) is 0 Å². The van der Waals surface area contributed by atoms with E-state index in [2.05, 4.69) is 203 Å². The van der Waals surface area contributed by atoms with Gasteiger partial charge in [-0.05, 0) is 123 Å². The number of furan rings is 1. The number of nitrogens with zero attached hydrogens (tertiary/aromatic N) is 4. The number of benzene rings is 11. The molecule has 0 spiro atoms. The van der Waals surface area contributed by atoms with E-state index in [0.717, 1.165) is 66.4 Å². The van der Waals surface area contributed by atoms with Crippen LogP contribution >= 0.6 is 0 Å². The van der Waals surface area contributed by atoms with Crippen molar-refractivity contribution in [2.75, 3.05) is 0 Å². The van der Waals surface area contributed by atoms with Gasteiger partial charge in [0.25, 0.3) is 0 Å². The fraction of sp³-hybridized carbons (Fsp3) is 0. The second-order valence-electron chi connectivity index (χ2n) is 17.8. The molecule has 4 aromatic heterocycles. The molecule has 0 saturated heterocycles. The van der Waals surface area contributed by atoms with Crippen LogP contribution in [0.3, 0.4) is 0 Å². The Labute approximate surface area is 383 Å². The number of aromatic nitrogens is 4. The molecule has 5 nitrogen and oxygen atoms in total. The van der Waals surface area contributed by atoms with Gasteiger partial charge in [0.05, 0.1) is 33.3 Å². The highest BCUT2D eigenvalue weighted by Crippen LogP contribution is 2.40. The molecular weight excluding hydrogens is 817 g/mol. The van der Waals surface area contributed by atoms with E-state index in [4.69, 9.17) is 14.4 Å². The van der Waals surface area contributed by atoms with Gasteiger partial charge in [-0.3, -0.25) is 0 Å². The Morgan fingerprint density at radius 1 is 0.299 bits per heavy atom. The molecular formula is C62H36N4O. The maximum Gasteiger partial charge on any atom is 0.160 e. The summed E-state index contributed by atoms with van der Waals surface area (Å²) >= 11 is 0. The van der Waals surface area contributed by atoms with Crippen LogP contribution in [-0.4, -0.2) is 19.1 Å². The van der Waals surface area contributed by atoms with Gasteiger partial charge in [0.2, 0.25) is 0 Å². The molecule has 0 aliphatic carbocycles. The van der Waals surface area contributed by atoms with E-state index in [1.807, 2.05) is 24.3 Å². The fourth-order valence-electron chi connectivity index (χ4n) is 10.9. The molecule has 0 fully saturated rings. The maximum absolute atomic E-state index is 6.28. The van der Waals surface area contributed by atoms with Gasteiger partial charge >= 0.3 is 0 Å². The minimum atomic E-state index is 0.665. The summed E-state index contributed by atoms with van der Waals surface area (Å²) in [6, 6.07) is 78.8. The van der Waals surface area contributed by atoms with Gasteiger partial charge < -0.3 is 13.6 Å². The van der Waals surface area contributed by atoms with Crippen LogP contribution in [0.15, 0.2) is 223 Å². The number of hydrogen-bond acceptors (Lipinski definition) is 3. The average Bonchev–Trinajstić information content (AvgIpc) is 4.03. The molecule has 0 bridgehead atoms. The summed E-state index contributed by atoms with van der Waals surface area (Å²) in [5.74, 6) is 0.665. The van der Waals surface area contributed by atoms with E-state index in [1.165, 1.54) is 70.5 Å². The van der Waals surface area contributed by atoms with Crippen molar-refractivity contribution in [3.8, 4) is 34.0 Å². The lowest BCUT2D eigenvalue weighted by atomic mass is 10.0. The minimum absolute atomic E-state index is 0.665. The van der Waals surface area contributed by atoms with Crippen molar-refractivity contribution in [1.82, 2.24) is 19.1 Å². The zero-order chi connectivity index (χ0) is 43.7. The molecule has 5 heteroatoms. The highest BCUT2D eigenvalue weighted by molar-refractivity contribution is 6.16. The van der Waals surface area contributed by atoms with Crippen LogP contribution in [0, 0.1) is 0 Å². The van der Waals surface area contributed by atoms with Crippen LogP contribution in [0.25, 0.3) is 143 Å². The maximum atomic E-state index is 6.28. The van der Waals surface area contributed by atoms with Crippen molar-refractivity contribution in [1.29, 1.82) is 0 Å². The monoisotopic (exact) mass is 852 g/mol. The van der Waals surface area contributed by atoms with Crippen molar-refractivity contribution >= 4 is 109 Å². The standard InChI is InChI=1S/C62H36N4O/c1-2-12-39-34-57-52(32-38(39)11-1)47-13-4-8-18-55(47)66(57)46-27-24-40-35-58-53(33-44(40)31-46)48-14-5-9-19-56(48)65(58)45-26-23-37-21-22-41(29-43(37)30-45)61-51-16-3-7-17-54(51)63-62(64-61)42-25-28-50-49-15-6-10-20-59(49)67-60(50)36-42/h1-36H. The Morgan fingerprint density at radius 3 is 1.58 bits per heavy atom. The Morgan fingerprint density at radius 2 is 0.836 bits per heavy atom. The molecule has 0 aliphatic rings. The highest BCUT2D eigenvalue weighted by Gasteiger charge is 2.18. The summed E-state index contributed by atoms with van der Waals surface area (Å²) in [7, 11) is 0. The topological polar surface area (TPSA) is 48.8 Å². The van der Waals surface area contributed by atoms with Gasteiger partial charge in [0, 0.05) is 60.2 Å². The lowest BCUT2D eigenvalue weighted by Gasteiger charge is -2.13. The number of hydrogen-bond donors (Lipinski definition) is 0. The molecule has 0 aliphatic heterocycles. The third-order valence-corrected chi connectivity index (χ3v) is 14.0. The Balaban J connectivity index is 0.871. The number of para-hydroxylation sites is 4. The third-order valence-electron chi connectivity index (χ3n) is 14.0. The van der Waals surface area contributed by atoms with E-state index in [1.54, 1.807) is 0 Å². The molecule has 310 valence electrons. The van der Waals surface area contributed by atoms with Gasteiger partial charge in [-0.25, -0.2) is 9.97 Å².